The molecule has 0 N–H and O–H groups in total. The van der Waals surface area contributed by atoms with E-state index in [4.69, 9.17) is 4.74 Å². The minimum Gasteiger partial charge on any atom is -0.550 e. The first-order valence-corrected chi connectivity index (χ1v) is 5.05. The summed E-state index contributed by atoms with van der Waals surface area (Å²) >= 11 is 0. The standard InChI is InChI=1S/C10H20O3/c1-2-3-8-13-9-6-4-5-7-10(11)12/h2-9H2,1H3,(H,11,12)/p-1. The molecule has 0 radical (unpaired) electrons. The molecule has 0 aliphatic rings. The molecule has 0 heterocycles. The monoisotopic (exact) mass is 187 g/mol. The third-order valence-corrected chi connectivity index (χ3v) is 1.81. The van der Waals surface area contributed by atoms with Gasteiger partial charge in [-0.15, -0.1) is 0 Å². The molecule has 0 aliphatic carbocycles. The van der Waals surface area contributed by atoms with E-state index >= 15 is 0 Å². The summed E-state index contributed by atoms with van der Waals surface area (Å²) in [5, 5.41) is 10.0. The zero-order valence-corrected chi connectivity index (χ0v) is 8.38. The molecule has 0 spiro atoms. The molecule has 0 rings (SSSR count). The lowest BCUT2D eigenvalue weighted by Gasteiger charge is -2.03. The number of rotatable bonds is 9. The van der Waals surface area contributed by atoms with Crippen molar-refractivity contribution in [3.05, 3.63) is 0 Å². The lowest BCUT2D eigenvalue weighted by Crippen LogP contribution is -2.21. The Balaban J connectivity index is 2.87. The Kier molecular flexibility index (Phi) is 9.10. The predicted octanol–water partition coefficient (Wildman–Crippen LogP) is 1.11. The second-order valence-electron chi connectivity index (χ2n) is 3.15. The molecule has 3 heteroatoms. The van der Waals surface area contributed by atoms with E-state index in [0.717, 1.165) is 38.9 Å². The van der Waals surface area contributed by atoms with Gasteiger partial charge in [-0.2, -0.15) is 0 Å². The van der Waals surface area contributed by atoms with Crippen LogP contribution in [0.25, 0.3) is 0 Å². The van der Waals surface area contributed by atoms with E-state index in [1.165, 1.54) is 0 Å². The summed E-state index contributed by atoms with van der Waals surface area (Å²) in [5.41, 5.74) is 0. The number of carboxylic acids is 1. The third-order valence-electron chi connectivity index (χ3n) is 1.81. The first-order valence-electron chi connectivity index (χ1n) is 5.05. The molecule has 0 aliphatic heterocycles. The highest BCUT2D eigenvalue weighted by molar-refractivity contribution is 5.63. The molecule has 0 unspecified atom stereocenters. The second-order valence-corrected chi connectivity index (χ2v) is 3.15. The van der Waals surface area contributed by atoms with E-state index in [0.29, 0.717) is 6.42 Å². The fourth-order valence-corrected chi connectivity index (χ4v) is 0.999. The summed E-state index contributed by atoms with van der Waals surface area (Å²) in [6.45, 7) is 3.72. The van der Waals surface area contributed by atoms with Crippen molar-refractivity contribution in [3.63, 3.8) is 0 Å². The number of unbranched alkanes of at least 4 members (excludes halogenated alkanes) is 3. The normalized spacial score (nSPS) is 10.2. The average Bonchev–Trinajstić information content (AvgIpc) is 2.09. The predicted molar refractivity (Wildman–Crippen MR) is 49.2 cm³/mol. The smallest absolute Gasteiger partial charge is 0.0466 e. The summed E-state index contributed by atoms with van der Waals surface area (Å²) < 4.78 is 5.32. The summed E-state index contributed by atoms with van der Waals surface area (Å²) in [6.07, 6.45) is 5.02. The highest BCUT2D eigenvalue weighted by Gasteiger charge is 1.91. The summed E-state index contributed by atoms with van der Waals surface area (Å²) in [6, 6.07) is 0. The highest BCUT2D eigenvalue weighted by atomic mass is 16.5. The topological polar surface area (TPSA) is 49.4 Å². The molecule has 3 nitrogen and oxygen atoms in total. The quantitative estimate of drug-likeness (QED) is 0.508. The Morgan fingerprint density at radius 1 is 1.15 bits per heavy atom. The van der Waals surface area contributed by atoms with Crippen molar-refractivity contribution in [3.8, 4) is 0 Å². The molecule has 0 aromatic carbocycles. The Morgan fingerprint density at radius 3 is 2.46 bits per heavy atom. The van der Waals surface area contributed by atoms with Gasteiger partial charge in [0.2, 0.25) is 0 Å². The van der Waals surface area contributed by atoms with Gasteiger partial charge in [0.05, 0.1) is 0 Å². The van der Waals surface area contributed by atoms with E-state index < -0.39 is 5.97 Å². The zero-order chi connectivity index (χ0) is 9.94. The Morgan fingerprint density at radius 2 is 1.85 bits per heavy atom. The summed E-state index contributed by atoms with van der Waals surface area (Å²) in [4.78, 5) is 10.0. The molecule has 0 saturated heterocycles. The Hall–Kier alpha value is -0.570. The largest absolute Gasteiger partial charge is 0.550 e. The molecule has 0 atom stereocenters. The number of hydrogen-bond donors (Lipinski definition) is 0. The number of carboxylic acid groups (broad SMARTS) is 1. The van der Waals surface area contributed by atoms with Gasteiger partial charge >= 0.3 is 0 Å². The number of aliphatic carboxylic acids is 1. The van der Waals surface area contributed by atoms with E-state index in [1.54, 1.807) is 0 Å². The molecular formula is C10H19O3-. The van der Waals surface area contributed by atoms with E-state index in [2.05, 4.69) is 6.92 Å². The van der Waals surface area contributed by atoms with Gasteiger partial charge in [-0.3, -0.25) is 0 Å². The van der Waals surface area contributed by atoms with Crippen LogP contribution >= 0.6 is 0 Å². The van der Waals surface area contributed by atoms with Gasteiger partial charge in [0.25, 0.3) is 0 Å². The maximum absolute atomic E-state index is 10.0. The average molecular weight is 187 g/mol. The SMILES string of the molecule is CCCCOCCCCCC(=O)[O-]. The van der Waals surface area contributed by atoms with E-state index in [1.807, 2.05) is 0 Å². The van der Waals surface area contributed by atoms with Gasteiger partial charge in [0, 0.05) is 19.2 Å². The number of carbonyl (C=O) groups excluding carboxylic acids is 1. The van der Waals surface area contributed by atoms with Gasteiger partial charge in [-0.05, 0) is 25.7 Å². The van der Waals surface area contributed by atoms with Gasteiger partial charge in [0.1, 0.15) is 0 Å². The van der Waals surface area contributed by atoms with E-state index in [-0.39, 0.29) is 6.42 Å². The van der Waals surface area contributed by atoms with Crippen molar-refractivity contribution in [2.24, 2.45) is 0 Å². The molecular weight excluding hydrogens is 168 g/mol. The Labute approximate surface area is 80.1 Å². The van der Waals surface area contributed by atoms with Gasteiger partial charge in [-0.1, -0.05) is 19.8 Å². The molecule has 13 heavy (non-hydrogen) atoms. The Bertz CT molecular complexity index is 123. The van der Waals surface area contributed by atoms with E-state index in [9.17, 15) is 9.90 Å². The molecule has 78 valence electrons. The van der Waals surface area contributed by atoms with Crippen molar-refractivity contribution < 1.29 is 14.6 Å². The molecule has 0 bridgehead atoms. The molecule has 0 amide bonds. The first kappa shape index (κ1) is 12.4. The maximum atomic E-state index is 10.0. The van der Waals surface area contributed by atoms with Gasteiger partial charge in [0.15, 0.2) is 0 Å². The van der Waals surface area contributed by atoms with Crippen LogP contribution in [0.5, 0.6) is 0 Å². The maximum Gasteiger partial charge on any atom is 0.0466 e. The third kappa shape index (κ3) is 11.4. The van der Waals surface area contributed by atoms with Crippen LogP contribution < -0.4 is 5.11 Å². The van der Waals surface area contributed by atoms with Crippen LogP contribution in [0.1, 0.15) is 45.4 Å². The number of hydrogen-bond acceptors (Lipinski definition) is 3. The summed E-state index contributed by atoms with van der Waals surface area (Å²) in [7, 11) is 0. The lowest BCUT2D eigenvalue weighted by molar-refractivity contribution is -0.305. The van der Waals surface area contributed by atoms with Crippen molar-refractivity contribution in [1.82, 2.24) is 0 Å². The highest BCUT2D eigenvalue weighted by Crippen LogP contribution is 1.99. The van der Waals surface area contributed by atoms with Crippen LogP contribution in [0.2, 0.25) is 0 Å². The van der Waals surface area contributed by atoms with Crippen LogP contribution in [-0.2, 0) is 9.53 Å². The van der Waals surface area contributed by atoms with Crippen LogP contribution in [0.3, 0.4) is 0 Å². The molecule has 0 aromatic heterocycles. The molecule has 0 aromatic rings. The van der Waals surface area contributed by atoms with Crippen LogP contribution in [0.4, 0.5) is 0 Å². The van der Waals surface area contributed by atoms with Crippen molar-refractivity contribution in [1.29, 1.82) is 0 Å². The minimum absolute atomic E-state index is 0.176. The lowest BCUT2D eigenvalue weighted by atomic mass is 10.2. The molecule has 0 saturated carbocycles. The summed E-state index contributed by atoms with van der Waals surface area (Å²) in [5.74, 6) is -0.952. The first-order chi connectivity index (χ1) is 6.27. The van der Waals surface area contributed by atoms with Crippen LogP contribution in [-0.4, -0.2) is 19.2 Å². The van der Waals surface area contributed by atoms with Crippen LogP contribution in [0.15, 0.2) is 0 Å². The zero-order valence-electron chi connectivity index (χ0n) is 8.38. The van der Waals surface area contributed by atoms with Crippen molar-refractivity contribution >= 4 is 5.97 Å². The van der Waals surface area contributed by atoms with Crippen LogP contribution in [0, 0.1) is 0 Å². The number of ether oxygens (including phenoxy) is 1. The fraction of sp³-hybridized carbons (Fsp3) is 0.900. The number of carbonyl (C=O) groups is 1. The van der Waals surface area contributed by atoms with Crippen molar-refractivity contribution in [2.75, 3.05) is 13.2 Å². The minimum atomic E-state index is -0.952. The van der Waals surface area contributed by atoms with Crippen molar-refractivity contribution in [2.45, 2.75) is 45.4 Å². The van der Waals surface area contributed by atoms with Gasteiger partial charge in [-0.25, -0.2) is 0 Å². The molecule has 0 fully saturated rings. The fourth-order valence-electron chi connectivity index (χ4n) is 0.999. The van der Waals surface area contributed by atoms with Gasteiger partial charge < -0.3 is 14.6 Å². The second kappa shape index (κ2) is 9.52.